The van der Waals surface area contributed by atoms with Crippen LogP contribution in [0.2, 0.25) is 16.6 Å². The molecule has 2 heteroatoms. The molecule has 0 radical (unpaired) electrons. The van der Waals surface area contributed by atoms with E-state index < -0.39 is 8.07 Å². The van der Waals surface area contributed by atoms with Gasteiger partial charge in [0.25, 0.3) is 0 Å². The number of allylic oxidation sites excluding steroid dienone is 1. The van der Waals surface area contributed by atoms with Crippen LogP contribution < -0.4 is 0 Å². The van der Waals surface area contributed by atoms with E-state index in [0.29, 0.717) is 16.6 Å². The van der Waals surface area contributed by atoms with Crippen LogP contribution in [-0.4, -0.2) is 19.8 Å². The molecular weight excluding hydrogens is 248 g/mol. The first-order valence-corrected chi connectivity index (χ1v) is 9.84. The Bertz CT molecular complexity index is 309. The molecule has 0 fully saturated rings. The summed E-state index contributed by atoms with van der Waals surface area (Å²) in [4.78, 5) is 0. The molecule has 0 heterocycles. The van der Waals surface area contributed by atoms with E-state index in [2.05, 4.69) is 59.6 Å². The fourth-order valence-electron chi connectivity index (χ4n) is 3.14. The van der Waals surface area contributed by atoms with Crippen LogP contribution in [0.4, 0.5) is 0 Å². The van der Waals surface area contributed by atoms with Gasteiger partial charge in [-0.05, 0) is 41.5 Å². The molecule has 0 saturated carbocycles. The Hall–Kier alpha value is -0.523. The molecule has 0 aliphatic heterocycles. The molecule has 0 bridgehead atoms. The predicted octanol–water partition coefficient (Wildman–Crippen LogP) is 4.93. The third-order valence-electron chi connectivity index (χ3n) is 4.21. The van der Waals surface area contributed by atoms with Crippen LogP contribution in [-0.2, 0) is 0 Å². The van der Waals surface area contributed by atoms with Crippen molar-refractivity contribution in [2.75, 3.05) is 6.61 Å². The minimum Gasteiger partial charge on any atom is -0.396 e. The Morgan fingerprint density at radius 3 is 1.84 bits per heavy atom. The van der Waals surface area contributed by atoms with Gasteiger partial charge in [0.05, 0.1) is 0 Å². The van der Waals surface area contributed by atoms with Crippen LogP contribution >= 0.6 is 0 Å². The Morgan fingerprint density at radius 1 is 1.00 bits per heavy atom. The summed E-state index contributed by atoms with van der Waals surface area (Å²) in [6, 6.07) is 0. The lowest BCUT2D eigenvalue weighted by molar-refractivity contribution is 0.285. The smallest absolute Gasteiger partial charge is 0.146 e. The molecule has 1 N–H and O–H groups in total. The highest BCUT2D eigenvalue weighted by Crippen LogP contribution is 2.40. The van der Waals surface area contributed by atoms with Gasteiger partial charge < -0.3 is 5.11 Å². The summed E-state index contributed by atoms with van der Waals surface area (Å²) >= 11 is 0. The van der Waals surface area contributed by atoms with Gasteiger partial charge in [-0.15, -0.1) is 5.54 Å². The lowest BCUT2D eigenvalue weighted by Crippen LogP contribution is -2.43. The molecule has 0 aromatic carbocycles. The average Bonchev–Trinajstić information content (AvgIpc) is 2.28. The largest absolute Gasteiger partial charge is 0.396 e. The zero-order chi connectivity index (χ0) is 15.1. The van der Waals surface area contributed by atoms with Crippen LogP contribution in [0.25, 0.3) is 0 Å². The maximum absolute atomic E-state index is 8.80. The number of hydrogen-bond acceptors (Lipinski definition) is 1. The van der Waals surface area contributed by atoms with Gasteiger partial charge in [0, 0.05) is 6.61 Å². The van der Waals surface area contributed by atoms with Gasteiger partial charge in [-0.25, -0.2) is 0 Å². The second-order valence-electron chi connectivity index (χ2n) is 6.43. The van der Waals surface area contributed by atoms with Crippen molar-refractivity contribution in [2.45, 2.75) is 77.4 Å². The monoisotopic (exact) mass is 280 g/mol. The molecule has 0 atom stereocenters. The van der Waals surface area contributed by atoms with E-state index in [1.807, 2.05) is 0 Å². The summed E-state index contributed by atoms with van der Waals surface area (Å²) in [5.41, 5.74) is 6.73. The normalized spacial score (nSPS) is 11.9. The summed E-state index contributed by atoms with van der Waals surface area (Å²) in [6.07, 6.45) is 2.76. The van der Waals surface area contributed by atoms with Crippen LogP contribution in [0.5, 0.6) is 0 Å². The first kappa shape index (κ1) is 18.5. The fraction of sp³-hybridized carbons (Fsp3) is 0.765. The van der Waals surface area contributed by atoms with E-state index >= 15 is 0 Å². The van der Waals surface area contributed by atoms with Gasteiger partial charge in [0.2, 0.25) is 0 Å². The summed E-state index contributed by atoms with van der Waals surface area (Å²) in [5.74, 6) is 3.36. The third-order valence-corrected chi connectivity index (χ3v) is 10.5. The first-order valence-electron chi connectivity index (χ1n) is 7.60. The van der Waals surface area contributed by atoms with Crippen LogP contribution in [0.3, 0.4) is 0 Å². The van der Waals surface area contributed by atoms with Gasteiger partial charge in [-0.2, -0.15) is 0 Å². The number of aliphatic hydroxyl groups is 1. The minimum atomic E-state index is -1.61. The standard InChI is InChI=1S/C17H32OSi/c1-14(2)19(15(3)4,16(5)6)13-11-17(7)10-8-9-12-18/h14-16,18H,7-10,12H2,1-6H3. The zero-order valence-corrected chi connectivity index (χ0v) is 14.7. The molecule has 0 saturated heterocycles. The van der Waals surface area contributed by atoms with Crippen LogP contribution in [0, 0.1) is 11.5 Å². The predicted molar refractivity (Wildman–Crippen MR) is 88.9 cm³/mol. The number of aliphatic hydroxyl groups excluding tert-OH is 1. The Kier molecular flexibility index (Phi) is 8.37. The van der Waals surface area contributed by atoms with Gasteiger partial charge in [0.1, 0.15) is 8.07 Å². The molecule has 0 spiro atoms. The second-order valence-corrected chi connectivity index (χ2v) is 12.0. The van der Waals surface area contributed by atoms with Gasteiger partial charge in [-0.3, -0.25) is 0 Å². The fourth-order valence-corrected chi connectivity index (χ4v) is 8.40. The summed E-state index contributed by atoms with van der Waals surface area (Å²) < 4.78 is 0. The van der Waals surface area contributed by atoms with Crippen molar-refractivity contribution < 1.29 is 5.11 Å². The quantitative estimate of drug-likeness (QED) is 0.398. The Labute approximate surface area is 121 Å². The number of hydrogen-bond donors (Lipinski definition) is 1. The molecule has 0 rings (SSSR count). The highest BCUT2D eigenvalue weighted by atomic mass is 28.3. The molecule has 1 nitrogen and oxygen atoms in total. The lowest BCUT2D eigenvalue weighted by atomic mass is 10.1. The lowest BCUT2D eigenvalue weighted by Gasteiger charge is -2.38. The number of rotatable bonds is 7. The van der Waals surface area contributed by atoms with E-state index in [4.69, 9.17) is 5.11 Å². The molecule has 0 aliphatic rings. The van der Waals surface area contributed by atoms with Crippen molar-refractivity contribution in [3.8, 4) is 11.5 Å². The van der Waals surface area contributed by atoms with Gasteiger partial charge >= 0.3 is 0 Å². The van der Waals surface area contributed by atoms with Crippen LogP contribution in [0.15, 0.2) is 12.2 Å². The SMILES string of the molecule is C=C(C#C[Si](C(C)C)(C(C)C)C(C)C)CCCCO. The maximum Gasteiger partial charge on any atom is 0.146 e. The molecule has 0 aromatic rings. The number of unbranched alkanes of at least 4 members (excludes halogenated alkanes) is 1. The van der Waals surface area contributed by atoms with E-state index in [0.717, 1.165) is 24.8 Å². The van der Waals surface area contributed by atoms with Crippen molar-refractivity contribution in [3.05, 3.63) is 12.2 Å². The molecule has 0 amide bonds. The van der Waals surface area contributed by atoms with Gasteiger partial charge in [-0.1, -0.05) is 54.0 Å². The molecule has 0 aromatic heterocycles. The molecular formula is C17H32OSi. The summed E-state index contributed by atoms with van der Waals surface area (Å²) in [6.45, 7) is 18.3. The van der Waals surface area contributed by atoms with Crippen molar-refractivity contribution in [3.63, 3.8) is 0 Å². The van der Waals surface area contributed by atoms with Crippen LogP contribution in [0.1, 0.15) is 60.8 Å². The summed E-state index contributed by atoms with van der Waals surface area (Å²) in [7, 11) is -1.61. The van der Waals surface area contributed by atoms with Crippen molar-refractivity contribution in [1.82, 2.24) is 0 Å². The zero-order valence-electron chi connectivity index (χ0n) is 13.7. The second kappa shape index (κ2) is 8.61. The van der Waals surface area contributed by atoms with Crippen molar-refractivity contribution in [1.29, 1.82) is 0 Å². The maximum atomic E-state index is 8.80. The van der Waals surface area contributed by atoms with E-state index in [1.165, 1.54) is 0 Å². The Morgan fingerprint density at radius 2 is 1.47 bits per heavy atom. The Balaban J connectivity index is 4.99. The molecule has 110 valence electrons. The third kappa shape index (κ3) is 5.16. The van der Waals surface area contributed by atoms with E-state index in [1.54, 1.807) is 0 Å². The summed E-state index contributed by atoms with van der Waals surface area (Å²) in [5, 5.41) is 8.80. The minimum absolute atomic E-state index is 0.267. The topological polar surface area (TPSA) is 20.2 Å². The van der Waals surface area contributed by atoms with Crippen molar-refractivity contribution >= 4 is 8.07 Å². The van der Waals surface area contributed by atoms with E-state index in [9.17, 15) is 0 Å². The van der Waals surface area contributed by atoms with E-state index in [-0.39, 0.29) is 6.61 Å². The van der Waals surface area contributed by atoms with Crippen molar-refractivity contribution in [2.24, 2.45) is 0 Å². The highest BCUT2D eigenvalue weighted by molar-refractivity contribution is 6.90. The highest BCUT2D eigenvalue weighted by Gasteiger charge is 2.41. The molecule has 0 aliphatic carbocycles. The first-order chi connectivity index (χ1) is 8.78. The average molecular weight is 281 g/mol. The van der Waals surface area contributed by atoms with Gasteiger partial charge in [0.15, 0.2) is 0 Å². The molecule has 19 heavy (non-hydrogen) atoms. The molecule has 0 unspecified atom stereocenters.